The Hall–Kier alpha value is -2.62. The Balaban J connectivity index is 2.12. The Labute approximate surface area is 103 Å². The monoisotopic (exact) mass is 240 g/mol. The maximum Gasteiger partial charge on any atom is 0.346 e. The van der Waals surface area contributed by atoms with E-state index in [-0.39, 0.29) is 0 Å². The lowest BCUT2D eigenvalue weighted by Gasteiger charge is -2.09. The van der Waals surface area contributed by atoms with E-state index in [0.29, 0.717) is 22.6 Å². The van der Waals surface area contributed by atoms with E-state index in [0.717, 1.165) is 0 Å². The molecule has 0 spiro atoms. The average Bonchev–Trinajstić information content (AvgIpc) is 2.39. The third-order valence-electron chi connectivity index (χ3n) is 2.60. The van der Waals surface area contributed by atoms with Crippen LogP contribution in [-0.2, 0) is 4.74 Å². The molecule has 0 atom stereocenters. The lowest BCUT2D eigenvalue weighted by Crippen LogP contribution is -2.13. The molecular formula is C14H8O4. The van der Waals surface area contributed by atoms with Crippen molar-refractivity contribution in [1.82, 2.24) is 0 Å². The van der Waals surface area contributed by atoms with Crippen LogP contribution in [0.15, 0.2) is 48.5 Å². The highest BCUT2D eigenvalue weighted by Crippen LogP contribution is 2.23. The van der Waals surface area contributed by atoms with Crippen LogP contribution in [0.25, 0.3) is 0 Å². The van der Waals surface area contributed by atoms with Gasteiger partial charge in [-0.15, -0.1) is 0 Å². The average molecular weight is 240 g/mol. The van der Waals surface area contributed by atoms with Gasteiger partial charge in [0, 0.05) is 0 Å². The summed E-state index contributed by atoms with van der Waals surface area (Å²) in [6.07, 6.45) is 0. The number of carbonyl (C=O) groups is 2. The number of ether oxygens (including phenoxy) is 2. The molecule has 0 saturated heterocycles. The second-order valence-corrected chi connectivity index (χ2v) is 3.83. The van der Waals surface area contributed by atoms with Crippen LogP contribution in [0.5, 0.6) is 11.5 Å². The van der Waals surface area contributed by atoms with Gasteiger partial charge in [-0.2, -0.15) is 0 Å². The zero-order valence-corrected chi connectivity index (χ0v) is 9.25. The van der Waals surface area contributed by atoms with Gasteiger partial charge < -0.3 is 9.47 Å². The molecular weight excluding hydrogens is 232 g/mol. The maximum absolute atomic E-state index is 11.7. The number of esters is 2. The van der Waals surface area contributed by atoms with Gasteiger partial charge in [0.15, 0.2) is 0 Å². The predicted molar refractivity (Wildman–Crippen MR) is 62.7 cm³/mol. The van der Waals surface area contributed by atoms with Crippen LogP contribution in [0.4, 0.5) is 0 Å². The topological polar surface area (TPSA) is 52.6 Å². The molecule has 4 bridgehead atoms. The third-order valence-corrected chi connectivity index (χ3v) is 2.60. The van der Waals surface area contributed by atoms with E-state index in [1.54, 1.807) is 48.5 Å². The summed E-state index contributed by atoms with van der Waals surface area (Å²) in [7, 11) is 0. The molecule has 4 nitrogen and oxygen atoms in total. The molecule has 4 heterocycles. The summed E-state index contributed by atoms with van der Waals surface area (Å²) in [5.41, 5.74) is 0.622. The van der Waals surface area contributed by atoms with Gasteiger partial charge >= 0.3 is 11.9 Å². The number of hydrogen-bond acceptors (Lipinski definition) is 4. The minimum atomic E-state index is -0.670. The predicted octanol–water partition coefficient (Wildman–Crippen LogP) is 2.79. The van der Waals surface area contributed by atoms with Crippen molar-refractivity contribution in [3.63, 3.8) is 0 Å². The molecule has 0 saturated carbocycles. The van der Waals surface area contributed by atoms with E-state index in [1.807, 2.05) is 0 Å². The Morgan fingerprint density at radius 2 is 0.944 bits per heavy atom. The van der Waals surface area contributed by atoms with Crippen LogP contribution in [0.1, 0.15) is 20.7 Å². The van der Waals surface area contributed by atoms with Crippen molar-refractivity contribution in [2.75, 3.05) is 0 Å². The molecule has 18 heavy (non-hydrogen) atoms. The summed E-state index contributed by atoms with van der Waals surface area (Å²) in [5, 5.41) is 0. The van der Waals surface area contributed by atoms with Gasteiger partial charge in [0.05, 0.1) is 11.1 Å². The molecule has 88 valence electrons. The highest BCUT2D eigenvalue weighted by Gasteiger charge is 2.16. The van der Waals surface area contributed by atoms with Crippen molar-refractivity contribution in [3.8, 4) is 11.5 Å². The number of benzene rings is 2. The molecule has 2 aromatic carbocycles. The Morgan fingerprint density at radius 1 is 0.556 bits per heavy atom. The third kappa shape index (κ3) is 1.84. The van der Waals surface area contributed by atoms with E-state index in [2.05, 4.69) is 0 Å². The first-order valence-corrected chi connectivity index (χ1v) is 5.37. The maximum atomic E-state index is 11.7. The number of hydrogen-bond donors (Lipinski definition) is 0. The molecule has 6 rings (SSSR count). The van der Waals surface area contributed by atoms with E-state index < -0.39 is 11.9 Å². The van der Waals surface area contributed by atoms with Crippen LogP contribution in [-0.4, -0.2) is 11.9 Å². The smallest absolute Gasteiger partial charge is 0.346 e. The molecule has 0 fully saturated rings. The second-order valence-electron chi connectivity index (χ2n) is 3.83. The van der Waals surface area contributed by atoms with Gasteiger partial charge in [0.2, 0.25) is 0 Å². The minimum Gasteiger partial charge on any atom is -0.457 e. The number of rotatable bonds is 0. The molecule has 4 heteroatoms. The molecule has 0 N–H and O–H groups in total. The quantitative estimate of drug-likeness (QED) is 0.524. The van der Waals surface area contributed by atoms with Crippen LogP contribution in [0.3, 0.4) is 0 Å². The van der Waals surface area contributed by atoms with Crippen molar-refractivity contribution in [1.29, 1.82) is 0 Å². The first kappa shape index (κ1) is 10.5. The Kier molecular flexibility index (Phi) is 2.34. The van der Waals surface area contributed by atoms with Gasteiger partial charge in [-0.05, 0) is 48.5 Å². The molecule has 0 aliphatic carbocycles. The van der Waals surface area contributed by atoms with Crippen molar-refractivity contribution in [2.45, 2.75) is 0 Å². The zero-order valence-electron chi connectivity index (χ0n) is 9.25. The molecule has 0 aromatic heterocycles. The van der Waals surface area contributed by atoms with E-state index in [1.165, 1.54) is 0 Å². The minimum absolute atomic E-state index is 0.311. The molecule has 4 aliphatic heterocycles. The SMILES string of the molecule is O=C1OC(=O)c2ccc(cc2)Oc2ccc1cc2. The molecule has 0 radical (unpaired) electrons. The first-order chi connectivity index (χ1) is 8.72. The fraction of sp³-hybridized carbons (Fsp3) is 0. The van der Waals surface area contributed by atoms with Crippen molar-refractivity contribution >= 4 is 11.9 Å². The fourth-order valence-electron chi connectivity index (χ4n) is 1.66. The summed E-state index contributed by atoms with van der Waals surface area (Å²) < 4.78 is 10.3. The zero-order chi connectivity index (χ0) is 12.5. The summed E-state index contributed by atoms with van der Waals surface area (Å²) in [4.78, 5) is 23.3. The largest absolute Gasteiger partial charge is 0.457 e. The molecule has 0 amide bonds. The summed E-state index contributed by atoms with van der Waals surface area (Å²) in [6, 6.07) is 12.8. The molecule has 0 unspecified atom stereocenters. The highest BCUT2D eigenvalue weighted by atomic mass is 16.6. The fourth-order valence-corrected chi connectivity index (χ4v) is 1.66. The van der Waals surface area contributed by atoms with Gasteiger partial charge in [-0.1, -0.05) is 0 Å². The Bertz CT molecular complexity index is 556. The van der Waals surface area contributed by atoms with Crippen molar-refractivity contribution in [2.24, 2.45) is 0 Å². The Morgan fingerprint density at radius 3 is 1.33 bits per heavy atom. The van der Waals surface area contributed by atoms with Gasteiger partial charge in [-0.25, -0.2) is 9.59 Å². The van der Waals surface area contributed by atoms with E-state index in [4.69, 9.17) is 9.47 Å². The van der Waals surface area contributed by atoms with Crippen LogP contribution < -0.4 is 4.74 Å². The standard InChI is InChI=1S/C14H8O4/c15-13-9-1-5-11(6-2-9)17-12-7-3-10(4-8-12)14(16)18-13/h1-8H. The molecule has 4 aliphatic rings. The number of carbonyl (C=O) groups excluding carboxylic acids is 2. The highest BCUT2D eigenvalue weighted by molar-refractivity contribution is 6.02. The van der Waals surface area contributed by atoms with Crippen LogP contribution in [0, 0.1) is 0 Å². The van der Waals surface area contributed by atoms with Crippen molar-refractivity contribution in [3.05, 3.63) is 59.7 Å². The van der Waals surface area contributed by atoms with E-state index in [9.17, 15) is 9.59 Å². The summed E-state index contributed by atoms with van der Waals surface area (Å²) >= 11 is 0. The van der Waals surface area contributed by atoms with Gasteiger partial charge in [0.1, 0.15) is 11.5 Å². The molecule has 2 aromatic rings. The van der Waals surface area contributed by atoms with E-state index >= 15 is 0 Å². The van der Waals surface area contributed by atoms with Crippen LogP contribution >= 0.6 is 0 Å². The normalized spacial score (nSPS) is 13.6. The van der Waals surface area contributed by atoms with Gasteiger partial charge in [0.25, 0.3) is 0 Å². The second kappa shape index (κ2) is 4.00. The van der Waals surface area contributed by atoms with Crippen LogP contribution in [0.2, 0.25) is 0 Å². The summed E-state index contributed by atoms with van der Waals surface area (Å²) in [6.45, 7) is 0. The first-order valence-electron chi connectivity index (χ1n) is 5.37. The summed E-state index contributed by atoms with van der Waals surface area (Å²) in [5.74, 6) is -0.107. The lowest BCUT2D eigenvalue weighted by molar-refractivity contribution is 0.0398. The van der Waals surface area contributed by atoms with Crippen molar-refractivity contribution < 1.29 is 19.1 Å². The lowest BCUT2D eigenvalue weighted by atomic mass is 10.2. The van der Waals surface area contributed by atoms with Gasteiger partial charge in [-0.3, -0.25) is 0 Å².